The summed E-state index contributed by atoms with van der Waals surface area (Å²) >= 11 is 13.6. The van der Waals surface area contributed by atoms with Crippen molar-refractivity contribution in [1.29, 1.82) is 0 Å². The number of aromatic hydroxyl groups is 2. The molecule has 0 fully saturated rings. The standard InChI is InChI=1S/C21H14Br4O3/c1-10(26)12-4-2-3-5-13(12)18(11-8-16(23)20(27)17(24)9-11)14-6-7-15(22)21(28)19(14)25/h2-9,18,27-28H,1H3. The van der Waals surface area contributed by atoms with Crippen molar-refractivity contribution >= 4 is 69.5 Å². The fraction of sp³-hybridized carbons (Fsp3) is 0.0952. The summed E-state index contributed by atoms with van der Waals surface area (Å²) in [4.78, 5) is 12.3. The maximum absolute atomic E-state index is 12.3. The van der Waals surface area contributed by atoms with Crippen LogP contribution in [0.1, 0.15) is 39.9 Å². The van der Waals surface area contributed by atoms with E-state index in [2.05, 4.69) is 63.7 Å². The molecular formula is C21H14Br4O3. The molecule has 0 aliphatic carbocycles. The van der Waals surface area contributed by atoms with Gasteiger partial charge in [-0.15, -0.1) is 0 Å². The van der Waals surface area contributed by atoms with Gasteiger partial charge in [-0.25, -0.2) is 0 Å². The second kappa shape index (κ2) is 8.69. The van der Waals surface area contributed by atoms with E-state index < -0.39 is 0 Å². The van der Waals surface area contributed by atoms with E-state index >= 15 is 0 Å². The number of ketones is 1. The third-order valence-electron chi connectivity index (χ3n) is 4.43. The Bertz CT molecular complexity index is 1060. The monoisotopic (exact) mass is 630 g/mol. The third-order valence-corrected chi connectivity index (χ3v) is 7.11. The van der Waals surface area contributed by atoms with E-state index in [0.717, 1.165) is 16.7 Å². The van der Waals surface area contributed by atoms with E-state index in [1.807, 2.05) is 36.4 Å². The first-order valence-electron chi connectivity index (χ1n) is 8.17. The van der Waals surface area contributed by atoms with Crippen molar-refractivity contribution in [3.63, 3.8) is 0 Å². The molecule has 2 N–H and O–H groups in total. The minimum atomic E-state index is -0.360. The van der Waals surface area contributed by atoms with Gasteiger partial charge in [-0.1, -0.05) is 30.3 Å². The highest BCUT2D eigenvalue weighted by Crippen LogP contribution is 2.45. The Kier molecular flexibility index (Phi) is 6.69. The van der Waals surface area contributed by atoms with Gasteiger partial charge in [0.1, 0.15) is 11.5 Å². The smallest absolute Gasteiger partial charge is 0.160 e. The average Bonchev–Trinajstić information content (AvgIpc) is 2.66. The Labute approximate surface area is 196 Å². The fourth-order valence-electron chi connectivity index (χ4n) is 3.13. The topological polar surface area (TPSA) is 57.5 Å². The van der Waals surface area contributed by atoms with Crippen LogP contribution in [0.15, 0.2) is 66.4 Å². The number of benzene rings is 3. The molecule has 0 spiro atoms. The molecule has 7 heteroatoms. The Morgan fingerprint density at radius 2 is 1.43 bits per heavy atom. The van der Waals surface area contributed by atoms with Crippen molar-refractivity contribution in [3.05, 3.63) is 88.7 Å². The Morgan fingerprint density at radius 1 is 0.821 bits per heavy atom. The summed E-state index contributed by atoms with van der Waals surface area (Å²) in [5.74, 6) is -0.226. The van der Waals surface area contributed by atoms with E-state index in [-0.39, 0.29) is 23.2 Å². The molecule has 3 aromatic rings. The first-order valence-corrected chi connectivity index (χ1v) is 11.3. The minimum Gasteiger partial charge on any atom is -0.506 e. The lowest BCUT2D eigenvalue weighted by atomic mass is 9.82. The number of phenols is 2. The number of carbonyl (C=O) groups excluding carboxylic acids is 1. The van der Waals surface area contributed by atoms with E-state index in [1.165, 1.54) is 6.92 Å². The lowest BCUT2D eigenvalue weighted by Crippen LogP contribution is -2.10. The van der Waals surface area contributed by atoms with Crippen LogP contribution in [-0.4, -0.2) is 16.0 Å². The molecule has 0 saturated carbocycles. The average molecular weight is 634 g/mol. The van der Waals surface area contributed by atoms with Gasteiger partial charge in [-0.05, 0) is 106 Å². The summed E-state index contributed by atoms with van der Waals surface area (Å²) in [7, 11) is 0. The van der Waals surface area contributed by atoms with Crippen LogP contribution < -0.4 is 0 Å². The highest BCUT2D eigenvalue weighted by Gasteiger charge is 2.26. The van der Waals surface area contributed by atoms with Gasteiger partial charge in [0.05, 0.1) is 17.9 Å². The van der Waals surface area contributed by atoms with Gasteiger partial charge in [0.2, 0.25) is 0 Å². The zero-order valence-electron chi connectivity index (χ0n) is 14.5. The number of hydrogen-bond acceptors (Lipinski definition) is 3. The highest BCUT2D eigenvalue weighted by atomic mass is 79.9. The van der Waals surface area contributed by atoms with Crippen LogP contribution in [0.25, 0.3) is 0 Å². The van der Waals surface area contributed by atoms with Gasteiger partial charge in [0, 0.05) is 11.5 Å². The second-order valence-electron chi connectivity index (χ2n) is 6.21. The van der Waals surface area contributed by atoms with Crippen molar-refractivity contribution in [3.8, 4) is 11.5 Å². The first kappa shape index (κ1) is 21.6. The largest absolute Gasteiger partial charge is 0.506 e. The molecule has 0 aliphatic rings. The maximum atomic E-state index is 12.3. The van der Waals surface area contributed by atoms with Gasteiger partial charge in [0.15, 0.2) is 5.78 Å². The number of Topliss-reactive ketones (excluding diaryl/α,β-unsaturated/α-hetero) is 1. The normalized spacial score (nSPS) is 12.0. The van der Waals surface area contributed by atoms with Gasteiger partial charge < -0.3 is 10.2 Å². The molecule has 0 amide bonds. The van der Waals surface area contributed by atoms with Crippen molar-refractivity contribution in [2.75, 3.05) is 0 Å². The molecule has 0 aliphatic heterocycles. The molecule has 1 atom stereocenters. The van der Waals surface area contributed by atoms with Gasteiger partial charge in [-0.3, -0.25) is 4.79 Å². The Hall–Kier alpha value is -1.15. The molecule has 1 unspecified atom stereocenters. The minimum absolute atomic E-state index is 0.0463. The number of hydrogen-bond donors (Lipinski definition) is 2. The molecule has 144 valence electrons. The van der Waals surface area contributed by atoms with E-state index in [1.54, 1.807) is 12.1 Å². The fourth-order valence-corrected chi connectivity index (χ4v) is 5.52. The molecule has 0 saturated heterocycles. The molecule has 3 rings (SSSR count). The summed E-state index contributed by atoms with van der Waals surface area (Å²) in [6.07, 6.45) is 0. The third kappa shape index (κ3) is 4.08. The van der Waals surface area contributed by atoms with Crippen LogP contribution in [0.3, 0.4) is 0 Å². The molecule has 28 heavy (non-hydrogen) atoms. The van der Waals surface area contributed by atoms with E-state index in [9.17, 15) is 15.0 Å². The predicted molar refractivity (Wildman–Crippen MR) is 124 cm³/mol. The Morgan fingerprint density at radius 3 is 2.04 bits per heavy atom. The summed E-state index contributed by atoms with van der Waals surface area (Å²) in [5.41, 5.74) is 3.04. The Balaban J connectivity index is 2.37. The number of halogens is 4. The highest BCUT2D eigenvalue weighted by molar-refractivity contribution is 9.11. The van der Waals surface area contributed by atoms with Crippen molar-refractivity contribution in [1.82, 2.24) is 0 Å². The predicted octanol–water partition coefficient (Wildman–Crippen LogP) is 7.53. The molecule has 0 bridgehead atoms. The van der Waals surface area contributed by atoms with Gasteiger partial charge in [0.25, 0.3) is 0 Å². The van der Waals surface area contributed by atoms with Crippen LogP contribution in [0.5, 0.6) is 11.5 Å². The van der Waals surface area contributed by atoms with Crippen LogP contribution in [-0.2, 0) is 0 Å². The summed E-state index contributed by atoms with van der Waals surface area (Å²) in [6, 6.07) is 14.7. The summed E-state index contributed by atoms with van der Waals surface area (Å²) in [5, 5.41) is 20.6. The van der Waals surface area contributed by atoms with Crippen molar-refractivity contribution < 1.29 is 15.0 Å². The summed E-state index contributed by atoms with van der Waals surface area (Å²) in [6.45, 7) is 1.53. The lowest BCUT2D eigenvalue weighted by Gasteiger charge is -2.24. The van der Waals surface area contributed by atoms with Gasteiger partial charge >= 0.3 is 0 Å². The lowest BCUT2D eigenvalue weighted by molar-refractivity contribution is 0.101. The molecule has 3 aromatic carbocycles. The molecule has 0 heterocycles. The quantitative estimate of drug-likeness (QED) is 0.231. The molecule has 0 radical (unpaired) electrons. The number of rotatable bonds is 4. The van der Waals surface area contributed by atoms with E-state index in [0.29, 0.717) is 23.5 Å². The van der Waals surface area contributed by atoms with Crippen LogP contribution in [0, 0.1) is 0 Å². The van der Waals surface area contributed by atoms with Crippen molar-refractivity contribution in [2.24, 2.45) is 0 Å². The molecule has 3 nitrogen and oxygen atoms in total. The van der Waals surface area contributed by atoms with Crippen LogP contribution in [0.4, 0.5) is 0 Å². The summed E-state index contributed by atoms with van der Waals surface area (Å²) < 4.78 is 2.15. The zero-order chi connectivity index (χ0) is 20.6. The maximum Gasteiger partial charge on any atom is 0.160 e. The second-order valence-corrected chi connectivity index (χ2v) is 9.56. The number of phenolic OH excluding ortho intramolecular Hbond substituents is 2. The zero-order valence-corrected chi connectivity index (χ0v) is 20.9. The first-order chi connectivity index (χ1) is 13.2. The van der Waals surface area contributed by atoms with Crippen molar-refractivity contribution in [2.45, 2.75) is 12.8 Å². The van der Waals surface area contributed by atoms with Gasteiger partial charge in [-0.2, -0.15) is 0 Å². The van der Waals surface area contributed by atoms with Crippen LogP contribution >= 0.6 is 63.7 Å². The van der Waals surface area contributed by atoms with E-state index in [4.69, 9.17) is 0 Å². The molecule has 0 aromatic heterocycles. The molecular weight excluding hydrogens is 620 g/mol. The number of carbonyl (C=O) groups is 1. The SMILES string of the molecule is CC(=O)c1ccccc1C(c1cc(Br)c(O)c(Br)c1)c1ccc(Br)c(O)c1Br. The van der Waals surface area contributed by atoms with Crippen LogP contribution in [0.2, 0.25) is 0 Å².